The van der Waals surface area contributed by atoms with Gasteiger partial charge in [-0.3, -0.25) is 0 Å². The standard InChI is InChI=1S/C7H15IO/c1-3-4-7(2,5-8)6-9/h9H,3-6H2,1-2H3. The van der Waals surface area contributed by atoms with E-state index in [1.165, 1.54) is 6.42 Å². The van der Waals surface area contributed by atoms with Crippen molar-refractivity contribution in [3.05, 3.63) is 0 Å². The Balaban J connectivity index is 3.62. The molecule has 0 saturated heterocycles. The van der Waals surface area contributed by atoms with Crippen LogP contribution in [0.2, 0.25) is 0 Å². The maximum absolute atomic E-state index is 8.91. The molecule has 0 spiro atoms. The highest BCUT2D eigenvalue weighted by Gasteiger charge is 2.19. The zero-order valence-electron chi connectivity index (χ0n) is 6.15. The Hall–Kier alpha value is 0.690. The number of aliphatic hydroxyl groups is 1. The summed E-state index contributed by atoms with van der Waals surface area (Å²) in [5, 5.41) is 8.91. The van der Waals surface area contributed by atoms with Crippen molar-refractivity contribution in [2.24, 2.45) is 5.41 Å². The van der Waals surface area contributed by atoms with Gasteiger partial charge in [0.25, 0.3) is 0 Å². The summed E-state index contributed by atoms with van der Waals surface area (Å²) in [5.41, 5.74) is 0.176. The second-order valence-electron chi connectivity index (χ2n) is 2.85. The van der Waals surface area contributed by atoms with Gasteiger partial charge in [0, 0.05) is 11.0 Å². The SMILES string of the molecule is CCCC(C)(CO)CI. The van der Waals surface area contributed by atoms with Crippen molar-refractivity contribution in [2.75, 3.05) is 11.0 Å². The molecule has 1 N–H and O–H groups in total. The normalized spacial score (nSPS) is 17.3. The van der Waals surface area contributed by atoms with Gasteiger partial charge in [-0.1, -0.05) is 42.9 Å². The topological polar surface area (TPSA) is 20.2 Å². The Bertz CT molecular complexity index is 69.3. The zero-order valence-corrected chi connectivity index (χ0v) is 8.31. The van der Waals surface area contributed by atoms with Gasteiger partial charge in [0.05, 0.1) is 0 Å². The van der Waals surface area contributed by atoms with Crippen LogP contribution < -0.4 is 0 Å². The molecule has 0 aliphatic rings. The van der Waals surface area contributed by atoms with E-state index in [-0.39, 0.29) is 5.41 Å². The van der Waals surface area contributed by atoms with Gasteiger partial charge in [-0.15, -0.1) is 0 Å². The van der Waals surface area contributed by atoms with Crippen LogP contribution in [-0.2, 0) is 0 Å². The van der Waals surface area contributed by atoms with E-state index in [2.05, 4.69) is 36.4 Å². The quantitative estimate of drug-likeness (QED) is 0.592. The van der Waals surface area contributed by atoms with E-state index in [0.717, 1.165) is 10.8 Å². The monoisotopic (exact) mass is 242 g/mol. The molecule has 0 rings (SSSR count). The second kappa shape index (κ2) is 4.50. The molecule has 0 aromatic carbocycles. The van der Waals surface area contributed by atoms with Crippen LogP contribution >= 0.6 is 22.6 Å². The van der Waals surface area contributed by atoms with Gasteiger partial charge in [-0.05, 0) is 11.8 Å². The van der Waals surface area contributed by atoms with E-state index in [0.29, 0.717) is 6.61 Å². The summed E-state index contributed by atoms with van der Waals surface area (Å²) >= 11 is 2.33. The van der Waals surface area contributed by atoms with Gasteiger partial charge in [0.1, 0.15) is 0 Å². The molecule has 1 nitrogen and oxygen atoms in total. The molecule has 1 atom stereocenters. The highest BCUT2D eigenvalue weighted by Crippen LogP contribution is 2.24. The smallest absolute Gasteiger partial charge is 0.0492 e. The number of aliphatic hydroxyl groups excluding tert-OH is 1. The third-order valence-corrected chi connectivity index (χ3v) is 3.40. The highest BCUT2D eigenvalue weighted by atomic mass is 127. The molecule has 9 heavy (non-hydrogen) atoms. The summed E-state index contributed by atoms with van der Waals surface area (Å²) in [7, 11) is 0. The first-order valence-electron chi connectivity index (χ1n) is 3.35. The van der Waals surface area contributed by atoms with Crippen molar-refractivity contribution >= 4 is 22.6 Å². The summed E-state index contributed by atoms with van der Waals surface area (Å²) in [4.78, 5) is 0. The number of rotatable bonds is 4. The molecule has 0 radical (unpaired) electrons. The molecule has 0 amide bonds. The van der Waals surface area contributed by atoms with Gasteiger partial charge in [-0.2, -0.15) is 0 Å². The fourth-order valence-corrected chi connectivity index (χ4v) is 1.41. The van der Waals surface area contributed by atoms with Gasteiger partial charge in [0.15, 0.2) is 0 Å². The lowest BCUT2D eigenvalue weighted by Crippen LogP contribution is -2.22. The Labute approximate surface area is 71.0 Å². The maximum atomic E-state index is 8.91. The Morgan fingerprint density at radius 2 is 2.11 bits per heavy atom. The average molecular weight is 242 g/mol. The molecule has 0 heterocycles. The largest absolute Gasteiger partial charge is 0.396 e. The molecule has 0 saturated carbocycles. The summed E-state index contributed by atoms with van der Waals surface area (Å²) in [6.45, 7) is 4.60. The zero-order chi connectivity index (χ0) is 7.33. The molecule has 0 aliphatic heterocycles. The minimum atomic E-state index is 0.176. The molecule has 0 aromatic rings. The minimum Gasteiger partial charge on any atom is -0.396 e. The third kappa shape index (κ3) is 3.40. The van der Waals surface area contributed by atoms with Gasteiger partial charge in [0.2, 0.25) is 0 Å². The Morgan fingerprint density at radius 1 is 1.56 bits per heavy atom. The van der Waals surface area contributed by atoms with E-state index in [4.69, 9.17) is 5.11 Å². The number of alkyl halides is 1. The third-order valence-electron chi connectivity index (χ3n) is 1.56. The molecule has 0 aliphatic carbocycles. The lowest BCUT2D eigenvalue weighted by molar-refractivity contribution is 0.156. The highest BCUT2D eigenvalue weighted by molar-refractivity contribution is 14.1. The van der Waals surface area contributed by atoms with Crippen LogP contribution in [0.1, 0.15) is 26.7 Å². The first kappa shape index (κ1) is 9.69. The lowest BCUT2D eigenvalue weighted by Gasteiger charge is -2.23. The van der Waals surface area contributed by atoms with Crippen molar-refractivity contribution in [1.29, 1.82) is 0 Å². The van der Waals surface area contributed by atoms with E-state index >= 15 is 0 Å². The molecule has 0 fully saturated rings. The van der Waals surface area contributed by atoms with Crippen LogP contribution in [-0.4, -0.2) is 16.1 Å². The van der Waals surface area contributed by atoms with Gasteiger partial charge in [-0.25, -0.2) is 0 Å². The molecule has 56 valence electrons. The lowest BCUT2D eigenvalue weighted by atomic mass is 9.89. The van der Waals surface area contributed by atoms with E-state index in [1.807, 2.05) is 0 Å². The van der Waals surface area contributed by atoms with Crippen LogP contribution in [0.4, 0.5) is 0 Å². The summed E-state index contributed by atoms with van der Waals surface area (Å²) in [5.74, 6) is 0. The number of hydrogen-bond donors (Lipinski definition) is 1. The predicted octanol–water partition coefficient (Wildman–Crippen LogP) is 2.22. The Kier molecular flexibility index (Phi) is 4.84. The Morgan fingerprint density at radius 3 is 2.22 bits per heavy atom. The van der Waals surface area contributed by atoms with Gasteiger partial charge >= 0.3 is 0 Å². The summed E-state index contributed by atoms with van der Waals surface area (Å²) in [6, 6.07) is 0. The van der Waals surface area contributed by atoms with Crippen molar-refractivity contribution < 1.29 is 5.11 Å². The van der Waals surface area contributed by atoms with Crippen LogP contribution in [0.25, 0.3) is 0 Å². The molecule has 1 unspecified atom stereocenters. The molecule has 2 heteroatoms. The maximum Gasteiger partial charge on any atom is 0.0492 e. The fraction of sp³-hybridized carbons (Fsp3) is 1.00. The number of halogens is 1. The fourth-order valence-electron chi connectivity index (χ4n) is 0.792. The van der Waals surface area contributed by atoms with Crippen LogP contribution in [0.5, 0.6) is 0 Å². The van der Waals surface area contributed by atoms with E-state index < -0.39 is 0 Å². The number of hydrogen-bond acceptors (Lipinski definition) is 1. The van der Waals surface area contributed by atoms with Crippen LogP contribution in [0.15, 0.2) is 0 Å². The van der Waals surface area contributed by atoms with Crippen LogP contribution in [0, 0.1) is 5.41 Å². The van der Waals surface area contributed by atoms with Gasteiger partial charge < -0.3 is 5.11 Å². The van der Waals surface area contributed by atoms with Crippen molar-refractivity contribution in [3.8, 4) is 0 Å². The predicted molar refractivity (Wildman–Crippen MR) is 49.0 cm³/mol. The molecular formula is C7H15IO. The first-order valence-corrected chi connectivity index (χ1v) is 4.88. The first-order chi connectivity index (χ1) is 4.18. The average Bonchev–Trinajstić information content (AvgIpc) is 1.89. The van der Waals surface area contributed by atoms with Crippen LogP contribution in [0.3, 0.4) is 0 Å². The van der Waals surface area contributed by atoms with Crippen molar-refractivity contribution in [1.82, 2.24) is 0 Å². The second-order valence-corrected chi connectivity index (χ2v) is 3.62. The van der Waals surface area contributed by atoms with E-state index in [9.17, 15) is 0 Å². The summed E-state index contributed by atoms with van der Waals surface area (Å²) in [6.07, 6.45) is 2.30. The molecule has 0 bridgehead atoms. The van der Waals surface area contributed by atoms with Crippen molar-refractivity contribution in [2.45, 2.75) is 26.7 Å². The molecular weight excluding hydrogens is 227 g/mol. The molecule has 0 aromatic heterocycles. The summed E-state index contributed by atoms with van der Waals surface area (Å²) < 4.78 is 1.05. The minimum absolute atomic E-state index is 0.176. The van der Waals surface area contributed by atoms with E-state index in [1.54, 1.807) is 0 Å². The van der Waals surface area contributed by atoms with Crippen molar-refractivity contribution in [3.63, 3.8) is 0 Å².